The smallest absolute Gasteiger partial charge is 0.319 e. The lowest BCUT2D eigenvalue weighted by atomic mass is 9.88. The number of anilines is 1. The summed E-state index contributed by atoms with van der Waals surface area (Å²) in [7, 11) is 0. The first-order chi connectivity index (χ1) is 18.1. The molecule has 0 heterocycles. The molecular weight excluding hydrogens is 526 g/mol. The van der Waals surface area contributed by atoms with Gasteiger partial charge in [-0.05, 0) is 51.2 Å². The second-order valence-corrected chi connectivity index (χ2v) is 9.63. The lowest BCUT2D eigenvalue weighted by Gasteiger charge is -2.21. The molecule has 0 aliphatic rings. The first-order valence-corrected chi connectivity index (χ1v) is 13.1. The van der Waals surface area contributed by atoms with Crippen LogP contribution in [-0.4, -0.2) is 24.5 Å². The molecule has 5 nitrogen and oxygen atoms in total. The molecule has 0 bridgehead atoms. The van der Waals surface area contributed by atoms with Crippen LogP contribution in [0.5, 0.6) is 0 Å². The molecule has 4 rings (SSSR count). The van der Waals surface area contributed by atoms with E-state index in [9.17, 15) is 9.59 Å². The quantitative estimate of drug-likeness (QED) is 0.208. The third-order valence-corrected chi connectivity index (χ3v) is 6.85. The van der Waals surface area contributed by atoms with Gasteiger partial charge in [-0.3, -0.25) is 4.79 Å². The van der Waals surface area contributed by atoms with Crippen LogP contribution in [0.4, 0.5) is 10.5 Å². The number of nitrogens with one attached hydrogen (secondary N) is 3. The number of urea groups is 1. The largest absolute Gasteiger partial charge is 0.354 e. The predicted molar refractivity (Wildman–Crippen MR) is 153 cm³/mol. The van der Waals surface area contributed by atoms with Crippen LogP contribution in [0.1, 0.15) is 29.0 Å². The van der Waals surface area contributed by atoms with E-state index >= 15 is 0 Å². The summed E-state index contributed by atoms with van der Waals surface area (Å²) in [5.41, 5.74) is 4.01. The fourth-order valence-electron chi connectivity index (χ4n) is 4.30. The van der Waals surface area contributed by atoms with Crippen molar-refractivity contribution in [2.24, 2.45) is 0 Å². The summed E-state index contributed by atoms with van der Waals surface area (Å²) in [6.45, 7) is 0.478. The zero-order valence-corrected chi connectivity index (χ0v) is 22.0. The highest BCUT2D eigenvalue weighted by atomic mass is 79.9. The van der Waals surface area contributed by atoms with Crippen molar-refractivity contribution in [2.75, 3.05) is 11.9 Å². The maximum Gasteiger partial charge on any atom is 0.319 e. The average Bonchev–Trinajstić information content (AvgIpc) is 2.93. The molecular formula is C31H30BrN3O2. The Morgan fingerprint density at radius 2 is 1.24 bits per heavy atom. The van der Waals surface area contributed by atoms with Crippen molar-refractivity contribution in [3.05, 3.63) is 136 Å². The van der Waals surface area contributed by atoms with E-state index in [1.807, 2.05) is 84.9 Å². The molecule has 0 saturated heterocycles. The SMILES string of the molecule is O=C(Nc1ccccc1Br)NC(Cc1ccccc1)C(=O)NCCC(c1ccccc1)c1ccccc1. The molecule has 4 aromatic carbocycles. The van der Waals surface area contributed by atoms with Crippen molar-refractivity contribution in [1.82, 2.24) is 10.6 Å². The van der Waals surface area contributed by atoms with Crippen LogP contribution in [-0.2, 0) is 11.2 Å². The Bertz CT molecular complexity index is 1240. The number of hydrogen-bond acceptors (Lipinski definition) is 2. The molecule has 0 spiro atoms. The summed E-state index contributed by atoms with van der Waals surface area (Å²) < 4.78 is 0.766. The van der Waals surface area contributed by atoms with Crippen LogP contribution in [0.2, 0.25) is 0 Å². The molecule has 0 saturated carbocycles. The minimum atomic E-state index is -0.725. The number of benzene rings is 4. The van der Waals surface area contributed by atoms with E-state index in [0.717, 1.165) is 16.5 Å². The van der Waals surface area contributed by atoms with E-state index in [0.29, 0.717) is 18.7 Å². The third kappa shape index (κ3) is 7.79. The van der Waals surface area contributed by atoms with E-state index < -0.39 is 12.1 Å². The van der Waals surface area contributed by atoms with Gasteiger partial charge in [-0.2, -0.15) is 0 Å². The maximum atomic E-state index is 13.3. The highest BCUT2D eigenvalue weighted by molar-refractivity contribution is 9.10. The Kier molecular flexibility index (Phi) is 9.49. The zero-order chi connectivity index (χ0) is 25.9. The van der Waals surface area contributed by atoms with Crippen molar-refractivity contribution in [3.8, 4) is 0 Å². The van der Waals surface area contributed by atoms with E-state index in [1.54, 1.807) is 6.07 Å². The molecule has 6 heteroatoms. The molecule has 1 atom stereocenters. The molecule has 1 unspecified atom stereocenters. The Morgan fingerprint density at radius 3 is 1.84 bits per heavy atom. The normalized spacial score (nSPS) is 11.5. The fraction of sp³-hybridized carbons (Fsp3) is 0.161. The van der Waals surface area contributed by atoms with Crippen molar-refractivity contribution < 1.29 is 9.59 Å². The second-order valence-electron chi connectivity index (χ2n) is 8.77. The third-order valence-electron chi connectivity index (χ3n) is 6.16. The van der Waals surface area contributed by atoms with Gasteiger partial charge in [0.1, 0.15) is 6.04 Å². The van der Waals surface area contributed by atoms with Gasteiger partial charge in [0.25, 0.3) is 0 Å². The summed E-state index contributed by atoms with van der Waals surface area (Å²) >= 11 is 3.44. The summed E-state index contributed by atoms with van der Waals surface area (Å²) in [5, 5.41) is 8.74. The number of carbonyl (C=O) groups is 2. The first-order valence-electron chi connectivity index (χ1n) is 12.3. The van der Waals surface area contributed by atoms with Crippen molar-refractivity contribution in [1.29, 1.82) is 0 Å². The maximum absolute atomic E-state index is 13.3. The van der Waals surface area contributed by atoms with Gasteiger partial charge in [0.05, 0.1) is 5.69 Å². The second kappa shape index (κ2) is 13.4. The Balaban J connectivity index is 1.43. The molecule has 0 aliphatic heterocycles. The zero-order valence-electron chi connectivity index (χ0n) is 20.4. The number of amides is 3. The summed E-state index contributed by atoms with van der Waals surface area (Å²) in [6, 6.07) is 36.5. The molecule has 3 amide bonds. The molecule has 37 heavy (non-hydrogen) atoms. The molecule has 0 fully saturated rings. The summed E-state index contributed by atoms with van der Waals surface area (Å²) in [5.74, 6) is -0.0621. The van der Waals surface area contributed by atoms with Gasteiger partial charge in [0.15, 0.2) is 0 Å². The van der Waals surface area contributed by atoms with Gasteiger partial charge in [0.2, 0.25) is 5.91 Å². The van der Waals surface area contributed by atoms with Crippen LogP contribution < -0.4 is 16.0 Å². The van der Waals surface area contributed by atoms with E-state index in [-0.39, 0.29) is 11.8 Å². The van der Waals surface area contributed by atoms with Crippen LogP contribution in [0.25, 0.3) is 0 Å². The standard InChI is InChI=1S/C31H30BrN3O2/c32-27-18-10-11-19-28(27)34-31(37)35-29(22-23-12-4-1-5-13-23)30(36)33-21-20-26(24-14-6-2-7-15-24)25-16-8-3-9-17-25/h1-19,26,29H,20-22H2,(H,33,36)(H2,34,35,37). The monoisotopic (exact) mass is 555 g/mol. The molecule has 188 valence electrons. The molecule has 0 aromatic heterocycles. The lowest BCUT2D eigenvalue weighted by molar-refractivity contribution is -0.122. The Labute approximate surface area is 226 Å². The van der Waals surface area contributed by atoms with Crippen LogP contribution in [0.3, 0.4) is 0 Å². The van der Waals surface area contributed by atoms with Crippen LogP contribution >= 0.6 is 15.9 Å². The van der Waals surface area contributed by atoms with Crippen molar-refractivity contribution in [2.45, 2.75) is 24.8 Å². The summed E-state index contributed by atoms with van der Waals surface area (Å²) in [4.78, 5) is 26.1. The van der Waals surface area contributed by atoms with Crippen molar-refractivity contribution in [3.63, 3.8) is 0 Å². The average molecular weight is 557 g/mol. The molecule has 3 N–H and O–H groups in total. The molecule has 0 aliphatic carbocycles. The number of para-hydroxylation sites is 1. The Morgan fingerprint density at radius 1 is 0.703 bits per heavy atom. The number of hydrogen-bond donors (Lipinski definition) is 3. The fourth-order valence-corrected chi connectivity index (χ4v) is 4.68. The molecule has 0 radical (unpaired) electrons. The number of rotatable bonds is 10. The van der Waals surface area contributed by atoms with Crippen molar-refractivity contribution >= 4 is 33.6 Å². The highest BCUT2D eigenvalue weighted by Gasteiger charge is 2.22. The van der Waals surface area contributed by atoms with Gasteiger partial charge in [-0.15, -0.1) is 0 Å². The minimum absolute atomic E-state index is 0.155. The highest BCUT2D eigenvalue weighted by Crippen LogP contribution is 2.27. The lowest BCUT2D eigenvalue weighted by Crippen LogP contribution is -2.49. The van der Waals surface area contributed by atoms with Gasteiger partial charge in [-0.25, -0.2) is 4.79 Å². The van der Waals surface area contributed by atoms with Gasteiger partial charge >= 0.3 is 6.03 Å². The number of carbonyl (C=O) groups excluding carboxylic acids is 2. The van der Waals surface area contributed by atoms with Gasteiger partial charge in [0, 0.05) is 23.4 Å². The topological polar surface area (TPSA) is 70.2 Å². The van der Waals surface area contributed by atoms with Crippen LogP contribution in [0, 0.1) is 0 Å². The minimum Gasteiger partial charge on any atom is -0.354 e. The first kappa shape index (κ1) is 26.2. The Hall–Kier alpha value is -3.90. The van der Waals surface area contributed by atoms with E-state index in [2.05, 4.69) is 56.1 Å². The molecule has 4 aromatic rings. The predicted octanol–water partition coefficient (Wildman–Crippen LogP) is 6.52. The number of halogens is 1. The van der Waals surface area contributed by atoms with Crippen LogP contribution in [0.15, 0.2) is 120 Å². The van der Waals surface area contributed by atoms with Gasteiger partial charge < -0.3 is 16.0 Å². The summed E-state index contributed by atoms with van der Waals surface area (Å²) in [6.07, 6.45) is 1.12. The van der Waals surface area contributed by atoms with E-state index in [4.69, 9.17) is 0 Å². The van der Waals surface area contributed by atoms with E-state index in [1.165, 1.54) is 11.1 Å². The van der Waals surface area contributed by atoms with Gasteiger partial charge in [-0.1, -0.05) is 103 Å².